The Morgan fingerprint density at radius 1 is 1.14 bits per heavy atom. The number of carbonyl (C=O) groups is 2. The van der Waals surface area contributed by atoms with Gasteiger partial charge in [-0.05, 0) is 24.3 Å². The molecule has 1 aliphatic heterocycles. The highest BCUT2D eigenvalue weighted by Gasteiger charge is 2.35. The number of ether oxygens (including phenoxy) is 2. The van der Waals surface area contributed by atoms with Crippen LogP contribution in [0.3, 0.4) is 0 Å². The number of rotatable bonds is 5. The number of halogens is 3. The van der Waals surface area contributed by atoms with Crippen molar-refractivity contribution in [3.8, 4) is 11.5 Å². The molecule has 0 aliphatic carbocycles. The van der Waals surface area contributed by atoms with Crippen LogP contribution in [0.25, 0.3) is 0 Å². The van der Waals surface area contributed by atoms with Crippen molar-refractivity contribution in [1.29, 1.82) is 0 Å². The van der Waals surface area contributed by atoms with Gasteiger partial charge < -0.3 is 19.7 Å². The summed E-state index contributed by atoms with van der Waals surface area (Å²) >= 11 is 0. The lowest BCUT2D eigenvalue weighted by Gasteiger charge is -2.17. The SMILES string of the molecule is COc1cccc(N2CC(C(=O)Nc3cccc(OC(F)(F)F)c3)CC2=O)c1. The van der Waals surface area contributed by atoms with E-state index in [1.54, 1.807) is 24.3 Å². The van der Waals surface area contributed by atoms with E-state index in [1.807, 2.05) is 0 Å². The first kappa shape index (κ1) is 19.5. The molecule has 28 heavy (non-hydrogen) atoms. The summed E-state index contributed by atoms with van der Waals surface area (Å²) in [6, 6.07) is 11.9. The third-order valence-electron chi connectivity index (χ3n) is 4.20. The summed E-state index contributed by atoms with van der Waals surface area (Å²) in [7, 11) is 1.51. The molecule has 1 N–H and O–H groups in total. The Bertz CT molecular complexity index is 885. The summed E-state index contributed by atoms with van der Waals surface area (Å²) < 4.78 is 45.9. The molecule has 0 radical (unpaired) electrons. The fourth-order valence-corrected chi connectivity index (χ4v) is 2.93. The van der Waals surface area contributed by atoms with Crippen molar-refractivity contribution in [2.45, 2.75) is 12.8 Å². The van der Waals surface area contributed by atoms with Gasteiger partial charge in [-0.1, -0.05) is 12.1 Å². The fourth-order valence-electron chi connectivity index (χ4n) is 2.93. The van der Waals surface area contributed by atoms with Crippen LogP contribution in [0, 0.1) is 5.92 Å². The van der Waals surface area contributed by atoms with Gasteiger partial charge in [0.2, 0.25) is 11.8 Å². The minimum Gasteiger partial charge on any atom is -0.497 e. The molecule has 1 atom stereocenters. The summed E-state index contributed by atoms with van der Waals surface area (Å²) in [5.41, 5.74) is 0.763. The van der Waals surface area contributed by atoms with Crippen LogP contribution in [0.5, 0.6) is 11.5 Å². The van der Waals surface area contributed by atoms with E-state index in [0.29, 0.717) is 11.4 Å². The van der Waals surface area contributed by atoms with Gasteiger partial charge in [-0.3, -0.25) is 9.59 Å². The molecule has 0 saturated carbocycles. The van der Waals surface area contributed by atoms with Crippen LogP contribution in [-0.4, -0.2) is 31.8 Å². The van der Waals surface area contributed by atoms with E-state index in [4.69, 9.17) is 4.74 Å². The number of amides is 2. The summed E-state index contributed by atoms with van der Waals surface area (Å²) in [4.78, 5) is 26.3. The van der Waals surface area contributed by atoms with Gasteiger partial charge >= 0.3 is 6.36 Å². The maximum Gasteiger partial charge on any atom is 0.573 e. The molecule has 6 nitrogen and oxygen atoms in total. The van der Waals surface area contributed by atoms with E-state index in [9.17, 15) is 22.8 Å². The zero-order valence-corrected chi connectivity index (χ0v) is 14.8. The van der Waals surface area contributed by atoms with Gasteiger partial charge in [0.25, 0.3) is 0 Å². The summed E-state index contributed by atoms with van der Waals surface area (Å²) in [6.07, 6.45) is -4.82. The molecular weight excluding hydrogens is 377 g/mol. The predicted octanol–water partition coefficient (Wildman–Crippen LogP) is 3.59. The van der Waals surface area contributed by atoms with Gasteiger partial charge in [-0.25, -0.2) is 0 Å². The molecule has 1 fully saturated rings. The Hall–Kier alpha value is -3.23. The van der Waals surface area contributed by atoms with Gasteiger partial charge in [0.05, 0.1) is 13.0 Å². The molecule has 0 spiro atoms. The number of benzene rings is 2. The van der Waals surface area contributed by atoms with Crippen molar-refractivity contribution in [3.05, 3.63) is 48.5 Å². The van der Waals surface area contributed by atoms with Crippen molar-refractivity contribution < 1.29 is 32.2 Å². The second-order valence-corrected chi connectivity index (χ2v) is 6.17. The normalized spacial score (nSPS) is 16.8. The zero-order valence-electron chi connectivity index (χ0n) is 14.8. The van der Waals surface area contributed by atoms with Gasteiger partial charge in [0, 0.05) is 36.5 Å². The fraction of sp³-hybridized carbons (Fsp3) is 0.263. The van der Waals surface area contributed by atoms with Gasteiger partial charge in [0.15, 0.2) is 0 Å². The van der Waals surface area contributed by atoms with Crippen LogP contribution in [0.2, 0.25) is 0 Å². The lowest BCUT2D eigenvalue weighted by Crippen LogP contribution is -2.28. The summed E-state index contributed by atoms with van der Waals surface area (Å²) in [5, 5.41) is 2.54. The van der Waals surface area contributed by atoms with Crippen LogP contribution >= 0.6 is 0 Å². The van der Waals surface area contributed by atoms with Crippen LogP contribution in [0.4, 0.5) is 24.5 Å². The molecule has 9 heteroatoms. The molecule has 0 aromatic heterocycles. The molecule has 2 amide bonds. The van der Waals surface area contributed by atoms with Crippen molar-refractivity contribution in [3.63, 3.8) is 0 Å². The predicted molar refractivity (Wildman–Crippen MR) is 95.2 cm³/mol. The number of nitrogens with zero attached hydrogens (tertiary/aromatic N) is 1. The molecule has 0 bridgehead atoms. The molecule has 2 aromatic carbocycles. The quantitative estimate of drug-likeness (QED) is 0.842. The number of methoxy groups -OCH3 is 1. The first-order valence-electron chi connectivity index (χ1n) is 8.36. The van der Waals surface area contributed by atoms with E-state index in [2.05, 4.69) is 10.1 Å². The lowest BCUT2D eigenvalue weighted by atomic mass is 10.1. The highest BCUT2D eigenvalue weighted by Crippen LogP contribution is 2.29. The maximum absolute atomic E-state index is 12.5. The average molecular weight is 394 g/mol. The third-order valence-corrected chi connectivity index (χ3v) is 4.20. The summed E-state index contributed by atoms with van der Waals surface area (Å²) in [5.74, 6) is -1.16. The molecule has 1 saturated heterocycles. The van der Waals surface area contributed by atoms with Crippen molar-refractivity contribution in [1.82, 2.24) is 0 Å². The highest BCUT2D eigenvalue weighted by atomic mass is 19.4. The number of alkyl halides is 3. The van der Waals surface area contributed by atoms with Crippen molar-refractivity contribution in [2.24, 2.45) is 5.92 Å². The van der Waals surface area contributed by atoms with Gasteiger partial charge in [0.1, 0.15) is 11.5 Å². The van der Waals surface area contributed by atoms with Crippen LogP contribution < -0.4 is 19.7 Å². The van der Waals surface area contributed by atoms with E-state index in [1.165, 1.54) is 24.1 Å². The lowest BCUT2D eigenvalue weighted by molar-refractivity contribution is -0.274. The Kier molecular flexibility index (Phi) is 5.43. The number of carbonyl (C=O) groups excluding carboxylic acids is 2. The number of hydrogen-bond acceptors (Lipinski definition) is 4. The minimum absolute atomic E-state index is 0.00177. The van der Waals surface area contributed by atoms with Crippen LogP contribution in [-0.2, 0) is 9.59 Å². The van der Waals surface area contributed by atoms with Gasteiger partial charge in [-0.2, -0.15) is 0 Å². The van der Waals surface area contributed by atoms with E-state index in [-0.39, 0.29) is 24.6 Å². The van der Waals surface area contributed by atoms with Gasteiger partial charge in [-0.15, -0.1) is 13.2 Å². The molecular formula is C19H17F3N2O4. The Morgan fingerprint density at radius 2 is 1.86 bits per heavy atom. The number of anilines is 2. The smallest absolute Gasteiger partial charge is 0.497 e. The molecule has 148 valence electrons. The van der Waals surface area contributed by atoms with E-state index in [0.717, 1.165) is 12.1 Å². The maximum atomic E-state index is 12.5. The third kappa shape index (κ3) is 4.73. The van der Waals surface area contributed by atoms with E-state index < -0.39 is 23.9 Å². The molecule has 1 heterocycles. The van der Waals surface area contributed by atoms with E-state index >= 15 is 0 Å². The van der Waals surface area contributed by atoms with Crippen molar-refractivity contribution in [2.75, 3.05) is 23.9 Å². The largest absolute Gasteiger partial charge is 0.573 e. The second kappa shape index (κ2) is 7.79. The molecule has 1 unspecified atom stereocenters. The monoisotopic (exact) mass is 394 g/mol. The number of hydrogen-bond donors (Lipinski definition) is 1. The Labute approximate surface area is 158 Å². The Morgan fingerprint density at radius 3 is 2.57 bits per heavy atom. The molecule has 2 aromatic rings. The zero-order chi connectivity index (χ0) is 20.3. The standard InChI is InChI=1S/C19H17F3N2O4/c1-27-15-6-3-5-14(10-15)24-11-12(8-17(24)25)18(26)23-13-4-2-7-16(9-13)28-19(20,21)22/h2-7,9-10,12H,8,11H2,1H3,(H,23,26). The van der Waals surface area contributed by atoms with Crippen molar-refractivity contribution >= 4 is 23.2 Å². The first-order valence-corrected chi connectivity index (χ1v) is 8.36. The van der Waals surface area contributed by atoms with Crippen LogP contribution in [0.15, 0.2) is 48.5 Å². The highest BCUT2D eigenvalue weighted by molar-refractivity contribution is 6.03. The first-order chi connectivity index (χ1) is 13.2. The molecule has 3 rings (SSSR count). The second-order valence-electron chi connectivity index (χ2n) is 6.17. The average Bonchev–Trinajstić information content (AvgIpc) is 3.02. The van der Waals surface area contributed by atoms with Crippen LogP contribution in [0.1, 0.15) is 6.42 Å². The molecule has 1 aliphatic rings. The topological polar surface area (TPSA) is 67.9 Å². The Balaban J connectivity index is 1.67. The summed E-state index contributed by atoms with van der Waals surface area (Å²) in [6.45, 7) is 0.163. The minimum atomic E-state index is -4.82. The number of nitrogens with one attached hydrogen (secondary N) is 1.